The fourth-order valence-electron chi connectivity index (χ4n) is 3.75. The third-order valence-corrected chi connectivity index (χ3v) is 5.44. The van der Waals surface area contributed by atoms with E-state index >= 15 is 0 Å². The highest BCUT2D eigenvalue weighted by atomic mass is 16.5. The number of rotatable bonds is 7. The second-order valence-corrected chi connectivity index (χ2v) is 7.70. The monoisotopic (exact) mass is 409 g/mol. The summed E-state index contributed by atoms with van der Waals surface area (Å²) in [6, 6.07) is 14.6. The van der Waals surface area contributed by atoms with Crippen molar-refractivity contribution in [3.8, 4) is 5.75 Å². The summed E-state index contributed by atoms with van der Waals surface area (Å²) < 4.78 is 5.26. The maximum atomic E-state index is 12.5. The fourth-order valence-corrected chi connectivity index (χ4v) is 3.75. The Hall–Kier alpha value is -2.86. The summed E-state index contributed by atoms with van der Waals surface area (Å²) in [5, 5.41) is 9.12. The number of carbonyl (C=O) groups excluding carboxylic acids is 2. The SMILES string of the molecule is COc1ccccc1NC(=O)c1ccc(NC(=O)CNC2CCCCCCC2)cc1. The Labute approximate surface area is 178 Å². The number of methoxy groups -OCH3 is 1. The number of para-hydroxylation sites is 2. The molecule has 0 saturated heterocycles. The van der Waals surface area contributed by atoms with Crippen LogP contribution in [0.1, 0.15) is 55.3 Å². The number of anilines is 2. The highest BCUT2D eigenvalue weighted by Gasteiger charge is 2.13. The molecule has 3 rings (SSSR count). The molecule has 3 N–H and O–H groups in total. The molecule has 6 nitrogen and oxygen atoms in total. The molecule has 2 amide bonds. The van der Waals surface area contributed by atoms with Gasteiger partial charge in [-0.05, 0) is 49.2 Å². The first kappa shape index (κ1) is 21.8. The summed E-state index contributed by atoms with van der Waals surface area (Å²) in [5.74, 6) is 0.304. The maximum absolute atomic E-state index is 12.5. The van der Waals surface area contributed by atoms with E-state index in [0.29, 0.717) is 35.3 Å². The topological polar surface area (TPSA) is 79.5 Å². The zero-order valence-electron chi connectivity index (χ0n) is 17.6. The molecule has 1 saturated carbocycles. The molecule has 0 heterocycles. The van der Waals surface area contributed by atoms with Crippen molar-refractivity contribution in [3.05, 3.63) is 54.1 Å². The van der Waals surface area contributed by atoms with Gasteiger partial charge >= 0.3 is 0 Å². The zero-order chi connectivity index (χ0) is 21.2. The zero-order valence-corrected chi connectivity index (χ0v) is 17.6. The van der Waals surface area contributed by atoms with Crippen LogP contribution in [-0.4, -0.2) is 31.5 Å². The fraction of sp³-hybridized carbons (Fsp3) is 0.417. The number of carbonyl (C=O) groups is 2. The summed E-state index contributed by atoms with van der Waals surface area (Å²) in [4.78, 5) is 24.8. The van der Waals surface area contributed by atoms with Crippen molar-refractivity contribution in [2.75, 3.05) is 24.3 Å². The Bertz CT molecular complexity index is 828. The first-order valence-corrected chi connectivity index (χ1v) is 10.7. The minimum Gasteiger partial charge on any atom is -0.495 e. The van der Waals surface area contributed by atoms with Crippen LogP contribution in [0.25, 0.3) is 0 Å². The molecular weight excluding hydrogens is 378 g/mol. The maximum Gasteiger partial charge on any atom is 0.255 e. The van der Waals surface area contributed by atoms with Gasteiger partial charge in [0.05, 0.1) is 19.3 Å². The van der Waals surface area contributed by atoms with Gasteiger partial charge in [-0.1, -0.05) is 44.2 Å². The van der Waals surface area contributed by atoms with E-state index in [4.69, 9.17) is 4.74 Å². The predicted octanol–water partition coefficient (Wildman–Crippen LogP) is 4.59. The average molecular weight is 410 g/mol. The van der Waals surface area contributed by atoms with Gasteiger partial charge in [0, 0.05) is 17.3 Å². The van der Waals surface area contributed by atoms with Crippen molar-refractivity contribution in [1.82, 2.24) is 5.32 Å². The Balaban J connectivity index is 1.48. The van der Waals surface area contributed by atoms with Crippen LogP contribution in [0.3, 0.4) is 0 Å². The number of amides is 2. The molecule has 0 spiro atoms. The quantitative estimate of drug-likeness (QED) is 0.625. The molecule has 0 aromatic heterocycles. The van der Waals surface area contributed by atoms with E-state index in [-0.39, 0.29) is 11.8 Å². The lowest BCUT2D eigenvalue weighted by atomic mass is 9.97. The van der Waals surface area contributed by atoms with E-state index in [1.165, 1.54) is 32.1 Å². The summed E-state index contributed by atoms with van der Waals surface area (Å²) in [6.45, 7) is 0.306. The summed E-state index contributed by atoms with van der Waals surface area (Å²) >= 11 is 0. The lowest BCUT2D eigenvalue weighted by Crippen LogP contribution is -2.36. The summed E-state index contributed by atoms with van der Waals surface area (Å²) in [7, 11) is 1.56. The van der Waals surface area contributed by atoms with Gasteiger partial charge in [0.1, 0.15) is 5.75 Å². The molecule has 160 valence electrons. The molecule has 0 atom stereocenters. The van der Waals surface area contributed by atoms with Crippen LogP contribution in [0, 0.1) is 0 Å². The smallest absolute Gasteiger partial charge is 0.255 e. The molecule has 2 aromatic rings. The Morgan fingerprint density at radius 3 is 2.27 bits per heavy atom. The Morgan fingerprint density at radius 1 is 0.900 bits per heavy atom. The number of hydrogen-bond donors (Lipinski definition) is 3. The van der Waals surface area contributed by atoms with Gasteiger partial charge in [-0.15, -0.1) is 0 Å². The number of nitrogens with one attached hydrogen (secondary N) is 3. The second kappa shape index (κ2) is 11.4. The molecule has 1 aliphatic carbocycles. The number of benzene rings is 2. The van der Waals surface area contributed by atoms with Crippen LogP contribution in [0.2, 0.25) is 0 Å². The normalized spacial score (nSPS) is 15.0. The average Bonchev–Trinajstić information content (AvgIpc) is 2.74. The third kappa shape index (κ3) is 6.59. The van der Waals surface area contributed by atoms with Crippen LogP contribution in [0.4, 0.5) is 11.4 Å². The van der Waals surface area contributed by atoms with Gasteiger partial charge in [-0.2, -0.15) is 0 Å². The van der Waals surface area contributed by atoms with Crippen LogP contribution in [-0.2, 0) is 4.79 Å². The molecule has 0 unspecified atom stereocenters. The van der Waals surface area contributed by atoms with E-state index in [1.807, 2.05) is 12.1 Å². The largest absolute Gasteiger partial charge is 0.495 e. The molecule has 0 aliphatic heterocycles. The van der Waals surface area contributed by atoms with Crippen LogP contribution < -0.4 is 20.7 Å². The number of hydrogen-bond acceptors (Lipinski definition) is 4. The number of ether oxygens (including phenoxy) is 1. The van der Waals surface area contributed by atoms with Crippen molar-refractivity contribution in [2.24, 2.45) is 0 Å². The predicted molar refractivity (Wildman–Crippen MR) is 120 cm³/mol. The van der Waals surface area contributed by atoms with Gasteiger partial charge in [0.25, 0.3) is 5.91 Å². The lowest BCUT2D eigenvalue weighted by Gasteiger charge is -2.20. The standard InChI is InChI=1S/C24H31N3O3/c1-30-22-12-8-7-11-21(22)27-24(29)18-13-15-20(16-14-18)26-23(28)17-25-19-9-5-3-2-4-6-10-19/h7-8,11-16,19,25H,2-6,9-10,17H2,1H3,(H,26,28)(H,27,29). The first-order chi connectivity index (χ1) is 14.7. The Morgan fingerprint density at radius 2 is 1.57 bits per heavy atom. The molecule has 0 bridgehead atoms. The van der Waals surface area contributed by atoms with E-state index in [2.05, 4.69) is 16.0 Å². The van der Waals surface area contributed by atoms with Gasteiger partial charge in [-0.25, -0.2) is 0 Å². The minimum absolute atomic E-state index is 0.0664. The van der Waals surface area contributed by atoms with E-state index in [1.54, 1.807) is 43.5 Å². The van der Waals surface area contributed by atoms with Gasteiger partial charge in [0.15, 0.2) is 0 Å². The molecule has 2 aromatic carbocycles. The highest BCUT2D eigenvalue weighted by molar-refractivity contribution is 6.05. The van der Waals surface area contributed by atoms with Crippen molar-refractivity contribution in [1.29, 1.82) is 0 Å². The molecular formula is C24H31N3O3. The highest BCUT2D eigenvalue weighted by Crippen LogP contribution is 2.24. The van der Waals surface area contributed by atoms with Crippen molar-refractivity contribution < 1.29 is 14.3 Å². The molecule has 0 radical (unpaired) electrons. The Kier molecular flexibility index (Phi) is 8.27. The van der Waals surface area contributed by atoms with E-state index < -0.39 is 0 Å². The molecule has 1 fully saturated rings. The van der Waals surface area contributed by atoms with E-state index in [9.17, 15) is 9.59 Å². The third-order valence-electron chi connectivity index (χ3n) is 5.44. The van der Waals surface area contributed by atoms with Crippen molar-refractivity contribution in [2.45, 2.75) is 51.0 Å². The summed E-state index contributed by atoms with van der Waals surface area (Å²) in [5.41, 5.74) is 1.79. The van der Waals surface area contributed by atoms with Gasteiger partial charge in [0.2, 0.25) is 5.91 Å². The molecule has 1 aliphatic rings. The van der Waals surface area contributed by atoms with Gasteiger partial charge < -0.3 is 20.7 Å². The van der Waals surface area contributed by atoms with Crippen LogP contribution >= 0.6 is 0 Å². The first-order valence-electron chi connectivity index (χ1n) is 10.7. The minimum atomic E-state index is -0.233. The molecule has 30 heavy (non-hydrogen) atoms. The van der Waals surface area contributed by atoms with E-state index in [0.717, 1.165) is 12.8 Å². The van der Waals surface area contributed by atoms with Gasteiger partial charge in [-0.3, -0.25) is 9.59 Å². The van der Waals surface area contributed by atoms with Crippen molar-refractivity contribution >= 4 is 23.2 Å². The van der Waals surface area contributed by atoms with Crippen LogP contribution in [0.5, 0.6) is 5.75 Å². The van der Waals surface area contributed by atoms with Crippen molar-refractivity contribution in [3.63, 3.8) is 0 Å². The molecule has 6 heteroatoms. The van der Waals surface area contributed by atoms with Crippen LogP contribution in [0.15, 0.2) is 48.5 Å². The lowest BCUT2D eigenvalue weighted by molar-refractivity contribution is -0.115. The summed E-state index contributed by atoms with van der Waals surface area (Å²) in [6.07, 6.45) is 8.67. The second-order valence-electron chi connectivity index (χ2n) is 7.70.